The van der Waals surface area contributed by atoms with Crippen molar-refractivity contribution >= 4 is 17.7 Å². The molecule has 1 aromatic heterocycles. The van der Waals surface area contributed by atoms with Crippen LogP contribution in [-0.4, -0.2) is 15.3 Å². The summed E-state index contributed by atoms with van der Waals surface area (Å²) in [6, 6.07) is 5.58. The van der Waals surface area contributed by atoms with Crippen molar-refractivity contribution in [1.82, 2.24) is 4.57 Å². The number of aromatic nitrogens is 2. The SMILES string of the molecule is C=Cn1cc[n+](CC(=O)c2ccc([N+](=O)[O-])cc2)c1. The summed E-state index contributed by atoms with van der Waals surface area (Å²) in [7, 11) is 0. The first-order valence-corrected chi connectivity index (χ1v) is 5.57. The molecule has 1 aromatic carbocycles. The van der Waals surface area contributed by atoms with Gasteiger partial charge in [0.1, 0.15) is 12.4 Å². The lowest BCUT2D eigenvalue weighted by Gasteiger charge is -1.98. The number of nitro groups is 1. The van der Waals surface area contributed by atoms with Gasteiger partial charge >= 0.3 is 0 Å². The number of benzene rings is 1. The normalized spacial score (nSPS) is 10.1. The van der Waals surface area contributed by atoms with E-state index in [2.05, 4.69) is 6.58 Å². The van der Waals surface area contributed by atoms with Gasteiger partial charge in [0.05, 0.1) is 11.1 Å². The van der Waals surface area contributed by atoms with Crippen molar-refractivity contribution in [2.75, 3.05) is 0 Å². The van der Waals surface area contributed by atoms with E-state index in [0.29, 0.717) is 5.56 Å². The van der Waals surface area contributed by atoms with Crippen LogP contribution in [0.25, 0.3) is 6.20 Å². The van der Waals surface area contributed by atoms with E-state index >= 15 is 0 Å². The Morgan fingerprint density at radius 2 is 2.11 bits per heavy atom. The Hall–Kier alpha value is -2.76. The van der Waals surface area contributed by atoms with Crippen LogP contribution in [0.5, 0.6) is 0 Å². The molecular weight excluding hydrogens is 246 g/mol. The minimum atomic E-state index is -0.493. The fourth-order valence-corrected chi connectivity index (χ4v) is 1.64. The van der Waals surface area contributed by atoms with Crippen LogP contribution in [0.4, 0.5) is 5.69 Å². The summed E-state index contributed by atoms with van der Waals surface area (Å²) >= 11 is 0. The van der Waals surface area contributed by atoms with Crippen LogP contribution in [0.2, 0.25) is 0 Å². The fourth-order valence-electron chi connectivity index (χ4n) is 1.64. The molecule has 0 aliphatic rings. The van der Waals surface area contributed by atoms with E-state index in [-0.39, 0.29) is 18.0 Å². The molecule has 0 bridgehead atoms. The van der Waals surface area contributed by atoms with Crippen molar-refractivity contribution in [2.45, 2.75) is 6.54 Å². The average molecular weight is 258 g/mol. The average Bonchev–Trinajstić information content (AvgIpc) is 2.86. The van der Waals surface area contributed by atoms with E-state index < -0.39 is 4.92 Å². The van der Waals surface area contributed by atoms with Gasteiger partial charge in [-0.1, -0.05) is 6.58 Å². The number of nitrogens with zero attached hydrogens (tertiary/aromatic N) is 3. The number of rotatable bonds is 5. The maximum Gasteiger partial charge on any atom is 0.269 e. The maximum absolute atomic E-state index is 12.0. The second-order valence-electron chi connectivity index (χ2n) is 3.94. The van der Waals surface area contributed by atoms with Gasteiger partial charge in [0.2, 0.25) is 12.1 Å². The molecule has 0 saturated carbocycles. The van der Waals surface area contributed by atoms with Crippen LogP contribution in [0.3, 0.4) is 0 Å². The lowest BCUT2D eigenvalue weighted by molar-refractivity contribution is -0.682. The molecular formula is C13H12N3O3+. The highest BCUT2D eigenvalue weighted by Crippen LogP contribution is 2.12. The molecule has 0 N–H and O–H groups in total. The summed E-state index contributed by atoms with van der Waals surface area (Å²) in [6.07, 6.45) is 6.88. The van der Waals surface area contributed by atoms with Crippen molar-refractivity contribution in [3.8, 4) is 0 Å². The van der Waals surface area contributed by atoms with Gasteiger partial charge in [-0.15, -0.1) is 0 Å². The zero-order valence-corrected chi connectivity index (χ0v) is 10.1. The molecule has 0 radical (unpaired) electrons. The Kier molecular flexibility index (Phi) is 3.51. The highest BCUT2D eigenvalue weighted by atomic mass is 16.6. The summed E-state index contributed by atoms with van der Waals surface area (Å²) in [5, 5.41) is 10.5. The molecule has 0 spiro atoms. The molecule has 19 heavy (non-hydrogen) atoms. The Morgan fingerprint density at radius 1 is 1.42 bits per heavy atom. The van der Waals surface area contributed by atoms with Crippen LogP contribution in [-0.2, 0) is 6.54 Å². The monoisotopic (exact) mass is 258 g/mol. The van der Waals surface area contributed by atoms with E-state index in [1.807, 2.05) is 0 Å². The number of non-ortho nitro benzene ring substituents is 1. The van der Waals surface area contributed by atoms with Crippen molar-refractivity contribution < 1.29 is 14.3 Å². The lowest BCUT2D eigenvalue weighted by Crippen LogP contribution is -2.35. The number of carbonyl (C=O) groups excluding carboxylic acids is 1. The van der Waals surface area contributed by atoms with E-state index in [0.717, 1.165) is 0 Å². The standard InChI is InChI=1S/C13H12N3O3/c1-2-14-7-8-15(10-14)9-13(17)11-3-5-12(6-4-11)16(18)19/h2-8,10H,1,9H2/q+1. The molecule has 1 heterocycles. The van der Waals surface area contributed by atoms with Gasteiger partial charge in [-0.25, -0.2) is 9.13 Å². The van der Waals surface area contributed by atoms with Crippen LogP contribution in [0, 0.1) is 10.1 Å². The quantitative estimate of drug-likeness (QED) is 0.354. The van der Waals surface area contributed by atoms with E-state index in [9.17, 15) is 14.9 Å². The topological polar surface area (TPSA) is 69.0 Å². The summed E-state index contributed by atoms with van der Waals surface area (Å²) in [6.45, 7) is 3.79. The van der Waals surface area contributed by atoms with Crippen LogP contribution < -0.4 is 4.57 Å². The first-order chi connectivity index (χ1) is 9.10. The molecule has 6 nitrogen and oxygen atoms in total. The molecule has 0 fully saturated rings. The number of carbonyl (C=O) groups is 1. The molecule has 0 aliphatic carbocycles. The first kappa shape index (κ1) is 12.7. The largest absolute Gasteiger partial charge is 0.290 e. The van der Waals surface area contributed by atoms with Gasteiger partial charge < -0.3 is 0 Å². The number of hydrogen-bond acceptors (Lipinski definition) is 3. The Balaban J connectivity index is 2.11. The Morgan fingerprint density at radius 3 is 2.63 bits per heavy atom. The molecule has 6 heteroatoms. The minimum absolute atomic E-state index is 0.0259. The molecule has 2 aromatic rings. The second-order valence-corrected chi connectivity index (χ2v) is 3.94. The van der Waals surface area contributed by atoms with Gasteiger partial charge in [0.15, 0.2) is 6.54 Å². The first-order valence-electron chi connectivity index (χ1n) is 5.57. The van der Waals surface area contributed by atoms with Crippen LogP contribution in [0.1, 0.15) is 10.4 Å². The van der Waals surface area contributed by atoms with Crippen molar-refractivity contribution in [2.24, 2.45) is 0 Å². The van der Waals surface area contributed by atoms with Gasteiger partial charge in [-0.3, -0.25) is 14.9 Å². The molecule has 2 rings (SSSR count). The third-order valence-corrected chi connectivity index (χ3v) is 2.65. The molecule has 0 aliphatic heterocycles. The minimum Gasteiger partial charge on any atom is -0.290 e. The van der Waals surface area contributed by atoms with E-state index in [4.69, 9.17) is 0 Å². The molecule has 0 atom stereocenters. The molecule has 0 amide bonds. The molecule has 96 valence electrons. The van der Waals surface area contributed by atoms with E-state index in [1.165, 1.54) is 24.3 Å². The maximum atomic E-state index is 12.0. The number of Topliss-reactive ketones (excluding diaryl/α,β-unsaturated/α-hetero) is 1. The summed E-state index contributed by atoms with van der Waals surface area (Å²) < 4.78 is 3.44. The summed E-state index contributed by atoms with van der Waals surface area (Å²) in [5.41, 5.74) is 0.423. The number of hydrogen-bond donors (Lipinski definition) is 0. The highest BCUT2D eigenvalue weighted by molar-refractivity contribution is 5.95. The van der Waals surface area contributed by atoms with Crippen molar-refractivity contribution in [1.29, 1.82) is 0 Å². The highest BCUT2D eigenvalue weighted by Gasteiger charge is 2.12. The van der Waals surface area contributed by atoms with E-state index in [1.54, 1.807) is 34.1 Å². The van der Waals surface area contributed by atoms with Gasteiger partial charge in [-0.2, -0.15) is 0 Å². The predicted octanol–water partition coefficient (Wildman–Crippen LogP) is 1.67. The number of ketones is 1. The molecule has 0 unspecified atom stereocenters. The number of nitro benzene ring substituents is 1. The third kappa shape index (κ3) is 2.92. The summed E-state index contributed by atoms with van der Waals surface area (Å²) in [4.78, 5) is 22.0. The van der Waals surface area contributed by atoms with Gasteiger partial charge in [0, 0.05) is 17.7 Å². The third-order valence-electron chi connectivity index (χ3n) is 2.65. The van der Waals surface area contributed by atoms with Gasteiger partial charge in [0.25, 0.3) is 5.69 Å². The Labute approximate surface area is 109 Å². The predicted molar refractivity (Wildman–Crippen MR) is 68.4 cm³/mol. The molecule has 0 saturated heterocycles. The summed E-state index contributed by atoms with van der Waals surface area (Å²) in [5.74, 6) is -0.110. The lowest BCUT2D eigenvalue weighted by atomic mass is 10.1. The second kappa shape index (κ2) is 5.26. The van der Waals surface area contributed by atoms with Crippen LogP contribution in [0.15, 0.2) is 49.6 Å². The smallest absolute Gasteiger partial charge is 0.269 e. The van der Waals surface area contributed by atoms with Gasteiger partial charge in [-0.05, 0) is 12.1 Å². The number of imidazole rings is 1. The van der Waals surface area contributed by atoms with Crippen molar-refractivity contribution in [3.63, 3.8) is 0 Å². The zero-order valence-electron chi connectivity index (χ0n) is 10.1. The van der Waals surface area contributed by atoms with Crippen LogP contribution >= 0.6 is 0 Å². The van der Waals surface area contributed by atoms with Crippen molar-refractivity contribution in [3.05, 3.63) is 65.2 Å². The zero-order chi connectivity index (χ0) is 13.8. The fraction of sp³-hybridized carbons (Fsp3) is 0.0769. The Bertz CT molecular complexity index is 629.